The summed E-state index contributed by atoms with van der Waals surface area (Å²) in [6, 6.07) is 16.0. The molecule has 0 radical (unpaired) electrons. The fourth-order valence-corrected chi connectivity index (χ4v) is 6.10. The van der Waals surface area contributed by atoms with Gasteiger partial charge in [-0.05, 0) is 72.7 Å². The third-order valence-electron chi connectivity index (χ3n) is 8.49. The van der Waals surface area contributed by atoms with Crippen LogP contribution in [0.25, 0.3) is 17.1 Å². The Hall–Kier alpha value is -4.25. The minimum Gasteiger partial charge on any atom is -0.488 e. The number of nitrogens with zero attached hydrogens (tertiary/aromatic N) is 4. The summed E-state index contributed by atoms with van der Waals surface area (Å²) in [6.45, 7) is 9.63. The first kappa shape index (κ1) is 29.8. The van der Waals surface area contributed by atoms with Crippen molar-refractivity contribution >= 4 is 5.97 Å². The molecule has 1 fully saturated rings. The molecule has 10 heteroatoms. The van der Waals surface area contributed by atoms with Crippen molar-refractivity contribution in [2.45, 2.75) is 39.4 Å². The Morgan fingerprint density at radius 2 is 1.91 bits per heavy atom. The molecule has 0 spiro atoms. The lowest BCUT2D eigenvalue weighted by atomic mass is 9.94. The number of benzene rings is 2. The van der Waals surface area contributed by atoms with Crippen molar-refractivity contribution in [3.63, 3.8) is 0 Å². The molecule has 44 heavy (non-hydrogen) atoms. The molecule has 4 aromatic rings. The van der Waals surface area contributed by atoms with Crippen LogP contribution in [0.2, 0.25) is 0 Å². The highest BCUT2D eigenvalue weighted by molar-refractivity contribution is 5.90. The minimum atomic E-state index is -1.12. The summed E-state index contributed by atoms with van der Waals surface area (Å²) in [7, 11) is 1.42. The van der Waals surface area contributed by atoms with Crippen molar-refractivity contribution in [2.24, 2.45) is 0 Å². The van der Waals surface area contributed by atoms with Gasteiger partial charge < -0.3 is 29.0 Å². The summed E-state index contributed by atoms with van der Waals surface area (Å²) in [4.78, 5) is 18.9. The number of hydrogen-bond donors (Lipinski definition) is 1. The van der Waals surface area contributed by atoms with Gasteiger partial charge in [0.05, 0.1) is 44.9 Å². The van der Waals surface area contributed by atoms with E-state index in [4.69, 9.17) is 23.9 Å². The maximum absolute atomic E-state index is 11.6. The molecule has 0 saturated carbocycles. The number of methoxy groups -OCH3 is 1. The van der Waals surface area contributed by atoms with E-state index in [-0.39, 0.29) is 17.5 Å². The van der Waals surface area contributed by atoms with Gasteiger partial charge in [-0.3, -0.25) is 0 Å². The van der Waals surface area contributed by atoms with Crippen molar-refractivity contribution in [3.8, 4) is 28.7 Å². The van der Waals surface area contributed by atoms with E-state index >= 15 is 0 Å². The van der Waals surface area contributed by atoms with E-state index in [0.29, 0.717) is 37.9 Å². The van der Waals surface area contributed by atoms with Crippen molar-refractivity contribution in [2.75, 3.05) is 46.6 Å². The summed E-state index contributed by atoms with van der Waals surface area (Å²) in [5.74, 6) is 0.192. The van der Waals surface area contributed by atoms with E-state index in [1.807, 2.05) is 37.3 Å². The largest absolute Gasteiger partial charge is 0.488 e. The smallest absolute Gasteiger partial charge is 0.342 e. The van der Waals surface area contributed by atoms with E-state index in [1.165, 1.54) is 40.2 Å². The van der Waals surface area contributed by atoms with E-state index in [1.54, 1.807) is 6.07 Å². The highest BCUT2D eigenvalue weighted by Gasteiger charge is 2.23. The first-order chi connectivity index (χ1) is 21.4. The van der Waals surface area contributed by atoms with Crippen molar-refractivity contribution in [1.82, 2.24) is 19.7 Å². The minimum absolute atomic E-state index is 0.0315. The highest BCUT2D eigenvalue weighted by Crippen LogP contribution is 2.34. The molecule has 0 aliphatic carbocycles. The number of hydrogen-bond acceptors (Lipinski definition) is 8. The average Bonchev–Trinajstić information content (AvgIpc) is 3.38. The van der Waals surface area contributed by atoms with Crippen LogP contribution >= 0.6 is 0 Å². The molecular weight excluding hydrogens is 560 g/mol. The van der Waals surface area contributed by atoms with Crippen LogP contribution in [0.15, 0.2) is 54.7 Å². The quantitative estimate of drug-likeness (QED) is 0.295. The highest BCUT2D eigenvalue weighted by atomic mass is 16.6. The second-order valence-electron chi connectivity index (χ2n) is 11.3. The Morgan fingerprint density at radius 1 is 1.07 bits per heavy atom. The summed E-state index contributed by atoms with van der Waals surface area (Å²) in [6.07, 6.45) is 3.42. The molecule has 1 N–H and O–H groups in total. The van der Waals surface area contributed by atoms with Crippen LogP contribution in [0.1, 0.15) is 38.2 Å². The van der Waals surface area contributed by atoms with Gasteiger partial charge in [-0.2, -0.15) is 9.78 Å². The molecular formula is C34H38N4O6. The fourth-order valence-electron chi connectivity index (χ4n) is 6.10. The number of carbonyl (C=O) groups is 1. The Morgan fingerprint density at radius 3 is 2.70 bits per heavy atom. The Labute approximate surface area is 257 Å². The summed E-state index contributed by atoms with van der Waals surface area (Å²) in [5.41, 5.74) is 7.77. The van der Waals surface area contributed by atoms with Crippen molar-refractivity contribution < 1.29 is 28.8 Å². The predicted octanol–water partition coefficient (Wildman–Crippen LogP) is 4.65. The zero-order valence-electron chi connectivity index (χ0n) is 25.4. The van der Waals surface area contributed by atoms with E-state index in [2.05, 4.69) is 29.1 Å². The summed E-state index contributed by atoms with van der Waals surface area (Å²) >= 11 is 0. The second kappa shape index (κ2) is 13.2. The van der Waals surface area contributed by atoms with Gasteiger partial charge >= 0.3 is 5.97 Å². The fraction of sp³-hybridized carbons (Fsp3) is 0.382. The topological polar surface area (TPSA) is 108 Å². The molecule has 230 valence electrons. The zero-order chi connectivity index (χ0) is 30.6. The molecule has 1 saturated heterocycles. The molecule has 2 aliphatic rings. The number of ether oxygens (including phenoxy) is 4. The van der Waals surface area contributed by atoms with E-state index in [9.17, 15) is 9.90 Å². The van der Waals surface area contributed by atoms with Crippen LogP contribution in [0, 0.1) is 13.8 Å². The van der Waals surface area contributed by atoms with Crippen LogP contribution in [-0.2, 0) is 28.9 Å². The lowest BCUT2D eigenvalue weighted by Gasteiger charge is -2.29. The number of aromatic nitrogens is 3. The molecule has 0 bridgehead atoms. The van der Waals surface area contributed by atoms with E-state index in [0.717, 1.165) is 49.4 Å². The molecule has 4 heterocycles. The van der Waals surface area contributed by atoms with Crippen LogP contribution in [-0.4, -0.2) is 83.4 Å². The number of fused-ring (bicyclic) bond motifs is 1. The van der Waals surface area contributed by atoms with Gasteiger partial charge in [-0.15, -0.1) is 0 Å². The van der Waals surface area contributed by atoms with Crippen LogP contribution in [0.3, 0.4) is 0 Å². The van der Waals surface area contributed by atoms with Crippen LogP contribution < -0.4 is 9.47 Å². The molecule has 2 aliphatic heterocycles. The molecule has 1 unspecified atom stereocenters. The Balaban J connectivity index is 1.21. The number of para-hydroxylation sites is 1. The van der Waals surface area contributed by atoms with E-state index < -0.39 is 5.97 Å². The first-order valence-electron chi connectivity index (χ1n) is 15.0. The maximum Gasteiger partial charge on any atom is 0.342 e. The molecule has 10 nitrogen and oxygen atoms in total. The maximum atomic E-state index is 11.6. The van der Waals surface area contributed by atoms with Gasteiger partial charge in [0.25, 0.3) is 0 Å². The molecule has 6 rings (SSSR count). The normalized spacial score (nSPS) is 17.1. The number of carboxylic acid groups (broad SMARTS) is 1. The van der Waals surface area contributed by atoms with Gasteiger partial charge in [0.1, 0.15) is 17.9 Å². The monoisotopic (exact) mass is 598 g/mol. The molecule has 0 amide bonds. The average molecular weight is 599 g/mol. The number of carboxylic acids is 1. The SMILES string of the molecule is COc1c(C(=O)O)cnn1-c1cccc(-c2cccc(C)c2OCc2ccc3c(c2C)CCN(CC2COCCO2)CC3)n1. The van der Waals surface area contributed by atoms with Crippen molar-refractivity contribution in [1.29, 1.82) is 0 Å². The predicted molar refractivity (Wildman–Crippen MR) is 165 cm³/mol. The number of aryl methyl sites for hydroxylation is 1. The van der Waals surface area contributed by atoms with Gasteiger partial charge in [0.2, 0.25) is 5.88 Å². The third kappa shape index (κ3) is 6.19. The lowest BCUT2D eigenvalue weighted by Crippen LogP contribution is -2.41. The molecule has 1 atom stereocenters. The first-order valence-corrected chi connectivity index (χ1v) is 15.0. The van der Waals surface area contributed by atoms with Gasteiger partial charge in [0.15, 0.2) is 5.82 Å². The number of pyridine rings is 1. The Bertz CT molecular complexity index is 1640. The van der Waals surface area contributed by atoms with Crippen molar-refractivity contribution in [3.05, 3.63) is 88.1 Å². The second-order valence-corrected chi connectivity index (χ2v) is 11.3. The van der Waals surface area contributed by atoms with Gasteiger partial charge in [-0.1, -0.05) is 30.3 Å². The molecule has 2 aromatic heterocycles. The third-order valence-corrected chi connectivity index (χ3v) is 8.49. The standard InChI is InChI=1S/C34H38N4O6/c1-22-6-4-7-28(30-8-5-9-31(36-30)38-33(41-3)29(18-35-38)34(39)40)32(22)44-20-25-11-10-24-12-14-37(15-13-27(24)23(25)2)19-26-21-42-16-17-43-26/h4-11,18,26H,12-17,19-21H2,1-3H3,(H,39,40). The zero-order valence-corrected chi connectivity index (χ0v) is 25.4. The van der Waals surface area contributed by atoms with Crippen LogP contribution in [0.4, 0.5) is 0 Å². The summed E-state index contributed by atoms with van der Waals surface area (Å²) in [5, 5.41) is 13.7. The van der Waals surface area contributed by atoms with Crippen LogP contribution in [0.5, 0.6) is 11.6 Å². The number of aromatic carboxylic acids is 1. The molecule has 2 aromatic carbocycles. The Kier molecular flexibility index (Phi) is 8.92. The summed E-state index contributed by atoms with van der Waals surface area (Å²) < 4.78 is 24.8. The lowest BCUT2D eigenvalue weighted by molar-refractivity contribution is -0.0972. The number of rotatable bonds is 9. The van der Waals surface area contributed by atoms with Gasteiger partial charge in [0, 0.05) is 25.2 Å². The van der Waals surface area contributed by atoms with Gasteiger partial charge in [-0.25, -0.2) is 9.78 Å².